The van der Waals surface area contributed by atoms with Gasteiger partial charge in [0.1, 0.15) is 13.1 Å². The number of rotatable bonds is 1. The average molecular weight is 189 g/mol. The van der Waals surface area contributed by atoms with Crippen molar-refractivity contribution < 1.29 is 19.4 Å². The molecule has 0 atom stereocenters. The van der Waals surface area contributed by atoms with Crippen LogP contribution in [0.25, 0.3) is 0 Å². The minimum Gasteiger partial charge on any atom is -0.550 e. The largest absolute Gasteiger partial charge is 0.550 e. The summed E-state index contributed by atoms with van der Waals surface area (Å²) in [5.41, 5.74) is 0. The monoisotopic (exact) mass is 189 g/mol. The Hall–Kier alpha value is -0.610. The second-order valence-corrected chi connectivity index (χ2v) is 3.48. The topological polar surface area (TPSA) is 49.4 Å². The zero-order chi connectivity index (χ0) is 10.3. The van der Waals surface area contributed by atoms with Crippen molar-refractivity contribution in [1.29, 1.82) is 0 Å². The van der Waals surface area contributed by atoms with Gasteiger partial charge in [-0.2, -0.15) is 4.65 Å². The molecule has 0 radical (unpaired) electrons. The summed E-state index contributed by atoms with van der Waals surface area (Å²) >= 11 is 0. The van der Waals surface area contributed by atoms with E-state index in [1.54, 1.807) is 7.11 Å². The van der Waals surface area contributed by atoms with Gasteiger partial charge in [0.05, 0.1) is 14.2 Å². The molecular formula is C9H19NO3. The fourth-order valence-electron chi connectivity index (χ4n) is 1.36. The third-order valence-corrected chi connectivity index (χ3v) is 2.20. The second kappa shape index (κ2) is 5.94. The first-order valence-corrected chi connectivity index (χ1v) is 4.58. The molecule has 0 aromatic rings. The van der Waals surface area contributed by atoms with Gasteiger partial charge < -0.3 is 9.90 Å². The van der Waals surface area contributed by atoms with Gasteiger partial charge in [-0.1, -0.05) is 0 Å². The molecule has 78 valence electrons. The van der Waals surface area contributed by atoms with Crippen LogP contribution in [0, 0.1) is 0 Å². The standard InChI is InChI=1S/C7H16NO.C2H4O2/c1-8(9-2)6-4-3-5-7-8;1-2(3)4/h3-7H2,1-2H3;1H3,(H,3,4)/q+1;/p-1. The van der Waals surface area contributed by atoms with Crippen LogP contribution in [0.5, 0.6) is 0 Å². The molecule has 0 aliphatic carbocycles. The highest BCUT2D eigenvalue weighted by atomic mass is 16.7. The van der Waals surface area contributed by atoms with Crippen molar-refractivity contribution in [3.63, 3.8) is 0 Å². The molecule has 0 spiro atoms. The summed E-state index contributed by atoms with van der Waals surface area (Å²) in [5.74, 6) is -1.08. The third-order valence-electron chi connectivity index (χ3n) is 2.20. The molecule has 1 heterocycles. The molecule has 0 aromatic heterocycles. The first-order chi connectivity index (χ1) is 6.00. The number of hydrogen-bond acceptors (Lipinski definition) is 3. The van der Waals surface area contributed by atoms with Crippen molar-refractivity contribution in [2.24, 2.45) is 0 Å². The zero-order valence-corrected chi connectivity index (χ0v) is 8.71. The van der Waals surface area contributed by atoms with Crippen LogP contribution >= 0.6 is 0 Å². The lowest BCUT2D eigenvalue weighted by molar-refractivity contribution is -1.09. The van der Waals surface area contributed by atoms with E-state index < -0.39 is 5.97 Å². The van der Waals surface area contributed by atoms with E-state index in [-0.39, 0.29) is 0 Å². The van der Waals surface area contributed by atoms with E-state index in [1.807, 2.05) is 0 Å². The molecule has 0 amide bonds. The van der Waals surface area contributed by atoms with E-state index in [2.05, 4.69) is 7.05 Å². The number of hydrogen-bond donors (Lipinski definition) is 0. The highest BCUT2D eigenvalue weighted by Crippen LogP contribution is 2.15. The third kappa shape index (κ3) is 6.54. The number of hydroxylamine groups is 3. The second-order valence-electron chi connectivity index (χ2n) is 3.48. The predicted molar refractivity (Wildman–Crippen MR) is 47.5 cm³/mol. The lowest BCUT2D eigenvalue weighted by atomic mass is 10.1. The van der Waals surface area contributed by atoms with Crippen molar-refractivity contribution in [2.45, 2.75) is 26.2 Å². The summed E-state index contributed by atoms with van der Waals surface area (Å²) in [6.07, 6.45) is 4.03. The van der Waals surface area contributed by atoms with Gasteiger partial charge in [0, 0.05) is 5.97 Å². The quantitative estimate of drug-likeness (QED) is 0.543. The Labute approximate surface area is 79.7 Å². The molecule has 0 saturated carbocycles. The van der Waals surface area contributed by atoms with Gasteiger partial charge in [-0.15, -0.1) is 0 Å². The van der Waals surface area contributed by atoms with E-state index in [9.17, 15) is 0 Å². The van der Waals surface area contributed by atoms with E-state index in [1.165, 1.54) is 32.4 Å². The van der Waals surface area contributed by atoms with Crippen LogP contribution in [0.4, 0.5) is 0 Å². The lowest BCUT2D eigenvalue weighted by Gasteiger charge is -2.32. The predicted octanol–water partition coefficient (Wildman–Crippen LogP) is -0.0655. The number of likely N-dealkylation sites (tertiary alicyclic amines) is 1. The Bertz CT molecular complexity index is 149. The van der Waals surface area contributed by atoms with Gasteiger partial charge in [0.15, 0.2) is 0 Å². The molecule has 0 bridgehead atoms. The summed E-state index contributed by atoms with van der Waals surface area (Å²) in [6.45, 7) is 3.35. The van der Waals surface area contributed by atoms with Crippen LogP contribution in [-0.2, 0) is 9.63 Å². The summed E-state index contributed by atoms with van der Waals surface area (Å²) in [4.78, 5) is 14.2. The Morgan fingerprint density at radius 3 is 1.92 bits per heavy atom. The molecule has 0 N–H and O–H groups in total. The van der Waals surface area contributed by atoms with Gasteiger partial charge in [-0.25, -0.2) is 4.84 Å². The van der Waals surface area contributed by atoms with Crippen molar-refractivity contribution in [3.05, 3.63) is 0 Å². The molecule has 0 unspecified atom stereocenters. The molecule has 0 aromatic carbocycles. The van der Waals surface area contributed by atoms with Gasteiger partial charge in [0.2, 0.25) is 0 Å². The number of carbonyl (C=O) groups is 1. The number of aliphatic carboxylic acids is 1. The number of carboxylic acid groups (broad SMARTS) is 1. The highest BCUT2D eigenvalue weighted by molar-refractivity contribution is 5.60. The van der Waals surface area contributed by atoms with Gasteiger partial charge in [0.25, 0.3) is 0 Å². The Morgan fingerprint density at radius 1 is 1.31 bits per heavy atom. The van der Waals surface area contributed by atoms with Crippen molar-refractivity contribution in [2.75, 3.05) is 27.2 Å². The Balaban J connectivity index is 0.000000310. The van der Waals surface area contributed by atoms with Crippen molar-refractivity contribution in [3.8, 4) is 0 Å². The van der Waals surface area contributed by atoms with Crippen LogP contribution < -0.4 is 5.11 Å². The molecular weight excluding hydrogens is 170 g/mol. The molecule has 4 heteroatoms. The lowest BCUT2D eigenvalue weighted by Crippen LogP contribution is -2.46. The number of carbonyl (C=O) groups excluding carboxylic acids is 1. The fraction of sp³-hybridized carbons (Fsp3) is 0.889. The molecule has 1 aliphatic rings. The van der Waals surface area contributed by atoms with Crippen LogP contribution in [-0.4, -0.2) is 37.9 Å². The maximum atomic E-state index is 8.89. The number of quaternary nitrogens is 1. The van der Waals surface area contributed by atoms with Gasteiger partial charge in [-0.3, -0.25) is 0 Å². The number of piperidine rings is 1. The summed E-state index contributed by atoms with van der Waals surface area (Å²) in [7, 11) is 3.95. The van der Waals surface area contributed by atoms with Crippen LogP contribution in [0.1, 0.15) is 26.2 Å². The van der Waals surface area contributed by atoms with Crippen LogP contribution in [0.3, 0.4) is 0 Å². The minimum atomic E-state index is -1.08. The highest BCUT2D eigenvalue weighted by Gasteiger charge is 2.24. The van der Waals surface area contributed by atoms with Crippen LogP contribution in [0.2, 0.25) is 0 Å². The average Bonchev–Trinajstić information content (AvgIpc) is 2.05. The molecule has 1 rings (SSSR count). The maximum Gasteiger partial charge on any atom is 0.109 e. The van der Waals surface area contributed by atoms with Crippen molar-refractivity contribution in [1.82, 2.24) is 0 Å². The van der Waals surface area contributed by atoms with Crippen molar-refractivity contribution >= 4 is 5.97 Å². The van der Waals surface area contributed by atoms with E-state index in [0.29, 0.717) is 0 Å². The Morgan fingerprint density at radius 2 is 1.69 bits per heavy atom. The maximum absolute atomic E-state index is 8.89. The first-order valence-electron chi connectivity index (χ1n) is 4.58. The molecule has 1 aliphatic heterocycles. The van der Waals surface area contributed by atoms with E-state index in [0.717, 1.165) is 11.6 Å². The van der Waals surface area contributed by atoms with Crippen LogP contribution in [0.15, 0.2) is 0 Å². The molecule has 1 saturated heterocycles. The molecule has 1 fully saturated rings. The normalized spacial score (nSPS) is 19.9. The molecule has 4 nitrogen and oxygen atoms in total. The SMILES string of the molecule is CC(=O)[O-].CO[N+]1(C)CCCCC1. The molecule has 13 heavy (non-hydrogen) atoms. The minimum absolute atomic E-state index is 0.819. The zero-order valence-electron chi connectivity index (χ0n) is 8.71. The van der Waals surface area contributed by atoms with E-state index >= 15 is 0 Å². The first kappa shape index (κ1) is 12.4. The fourth-order valence-corrected chi connectivity index (χ4v) is 1.36. The van der Waals surface area contributed by atoms with Gasteiger partial charge in [-0.05, 0) is 26.2 Å². The smallest absolute Gasteiger partial charge is 0.109 e. The Kier molecular flexibility index (Phi) is 5.66. The summed E-state index contributed by atoms with van der Waals surface area (Å²) in [6, 6.07) is 0. The summed E-state index contributed by atoms with van der Waals surface area (Å²) < 4.78 is 0.819. The number of nitrogens with zero attached hydrogens (tertiary/aromatic N) is 1. The van der Waals surface area contributed by atoms with Gasteiger partial charge >= 0.3 is 0 Å². The number of carboxylic acids is 1. The summed E-state index contributed by atoms with van der Waals surface area (Å²) in [5, 5.41) is 8.89. The van der Waals surface area contributed by atoms with E-state index in [4.69, 9.17) is 14.7 Å².